The lowest BCUT2D eigenvalue weighted by atomic mass is 10.1. The molecule has 0 bridgehead atoms. The first kappa shape index (κ1) is 19.1. The van der Waals surface area contributed by atoms with Gasteiger partial charge in [-0.1, -0.05) is 35.1 Å². The van der Waals surface area contributed by atoms with Crippen LogP contribution in [0.5, 0.6) is 0 Å². The zero-order valence-corrected chi connectivity index (χ0v) is 17.1. The Morgan fingerprint density at radius 3 is 2.79 bits per heavy atom. The molecule has 3 heterocycles. The van der Waals surface area contributed by atoms with Gasteiger partial charge in [-0.05, 0) is 38.5 Å². The van der Waals surface area contributed by atoms with Gasteiger partial charge in [0.1, 0.15) is 18.1 Å². The van der Waals surface area contributed by atoms with Crippen LogP contribution in [0.3, 0.4) is 0 Å². The number of esters is 1. The van der Waals surface area contributed by atoms with E-state index in [2.05, 4.69) is 20.2 Å². The number of thioether (sulfide) groups is 1. The molecule has 0 atom stereocenters. The second-order valence-electron chi connectivity index (χ2n) is 6.60. The second-order valence-corrected chi connectivity index (χ2v) is 7.54. The number of fused-ring (bicyclic) bond motifs is 1. The van der Waals surface area contributed by atoms with Crippen molar-refractivity contribution in [3.05, 3.63) is 70.4 Å². The minimum Gasteiger partial charge on any atom is -0.455 e. The predicted molar refractivity (Wildman–Crippen MR) is 107 cm³/mol. The Balaban J connectivity index is 1.47. The molecule has 0 N–H and O–H groups in total. The summed E-state index contributed by atoms with van der Waals surface area (Å²) in [4.78, 5) is 21.4. The molecule has 29 heavy (non-hydrogen) atoms. The van der Waals surface area contributed by atoms with Crippen LogP contribution in [0.1, 0.15) is 38.8 Å². The van der Waals surface area contributed by atoms with Crippen molar-refractivity contribution in [2.24, 2.45) is 0 Å². The van der Waals surface area contributed by atoms with E-state index in [0.29, 0.717) is 33.7 Å². The highest BCUT2D eigenvalue weighted by Gasteiger charge is 2.15. The molecule has 0 aliphatic carbocycles. The Morgan fingerprint density at radius 2 is 2.00 bits per heavy atom. The molecule has 0 saturated heterocycles. The van der Waals surface area contributed by atoms with Gasteiger partial charge in [-0.2, -0.15) is 4.98 Å². The second kappa shape index (κ2) is 8.04. The van der Waals surface area contributed by atoms with Crippen LogP contribution in [0.15, 0.2) is 46.1 Å². The van der Waals surface area contributed by atoms with Crippen LogP contribution in [-0.2, 0) is 17.1 Å². The number of nitrogens with zero attached hydrogens (tertiary/aromatic N) is 5. The number of rotatable bonds is 6. The van der Waals surface area contributed by atoms with Crippen molar-refractivity contribution in [2.45, 2.75) is 38.3 Å². The summed E-state index contributed by atoms with van der Waals surface area (Å²) in [5, 5.41) is 8.93. The first-order valence-corrected chi connectivity index (χ1v) is 9.99. The van der Waals surface area contributed by atoms with E-state index in [4.69, 9.17) is 9.26 Å². The number of benzene rings is 1. The van der Waals surface area contributed by atoms with Crippen molar-refractivity contribution >= 4 is 23.5 Å². The molecule has 0 unspecified atom stereocenters. The van der Waals surface area contributed by atoms with Crippen LogP contribution in [0.25, 0.3) is 5.78 Å². The van der Waals surface area contributed by atoms with Gasteiger partial charge in [0.05, 0.1) is 5.56 Å². The van der Waals surface area contributed by atoms with Crippen LogP contribution >= 0.6 is 11.8 Å². The van der Waals surface area contributed by atoms with Crippen molar-refractivity contribution in [1.29, 1.82) is 0 Å². The van der Waals surface area contributed by atoms with Gasteiger partial charge in [-0.3, -0.25) is 0 Å². The van der Waals surface area contributed by atoms with Gasteiger partial charge in [-0.25, -0.2) is 14.3 Å². The molecule has 0 spiro atoms. The minimum absolute atomic E-state index is 0.0654. The van der Waals surface area contributed by atoms with Crippen LogP contribution in [0.4, 0.5) is 0 Å². The fourth-order valence-electron chi connectivity index (χ4n) is 2.90. The zero-order chi connectivity index (χ0) is 20.4. The molecule has 148 valence electrons. The van der Waals surface area contributed by atoms with E-state index in [0.717, 1.165) is 17.0 Å². The summed E-state index contributed by atoms with van der Waals surface area (Å²) in [5.41, 5.74) is 3.80. The minimum atomic E-state index is -0.405. The van der Waals surface area contributed by atoms with E-state index in [1.54, 1.807) is 23.6 Å². The molecule has 0 radical (unpaired) electrons. The summed E-state index contributed by atoms with van der Waals surface area (Å²) in [6.07, 6.45) is 0. The number of hydrogen-bond acceptors (Lipinski definition) is 8. The molecule has 1 aromatic carbocycles. The third kappa shape index (κ3) is 4.29. The van der Waals surface area contributed by atoms with Gasteiger partial charge in [0.15, 0.2) is 0 Å². The Labute approximate surface area is 171 Å². The Hall–Kier alpha value is -3.20. The zero-order valence-electron chi connectivity index (χ0n) is 16.2. The first-order chi connectivity index (χ1) is 14.0. The van der Waals surface area contributed by atoms with Crippen LogP contribution < -0.4 is 0 Å². The maximum Gasteiger partial charge on any atom is 0.338 e. The predicted octanol–water partition coefficient (Wildman–Crippen LogP) is 3.69. The Morgan fingerprint density at radius 1 is 1.17 bits per heavy atom. The quantitative estimate of drug-likeness (QED) is 0.351. The number of ether oxygens (including phenoxy) is 1. The lowest BCUT2D eigenvalue weighted by Gasteiger charge is -2.08. The molecule has 0 aliphatic heterocycles. The van der Waals surface area contributed by atoms with Gasteiger partial charge in [0.2, 0.25) is 5.16 Å². The lowest BCUT2D eigenvalue weighted by Crippen LogP contribution is -2.08. The van der Waals surface area contributed by atoms with Gasteiger partial charge in [0, 0.05) is 23.2 Å². The fourth-order valence-corrected chi connectivity index (χ4v) is 3.72. The molecule has 3 aromatic heterocycles. The molecule has 8 nitrogen and oxygen atoms in total. The van der Waals surface area contributed by atoms with E-state index in [1.807, 2.05) is 38.1 Å². The summed E-state index contributed by atoms with van der Waals surface area (Å²) in [7, 11) is 0. The first-order valence-electron chi connectivity index (χ1n) is 9.00. The summed E-state index contributed by atoms with van der Waals surface area (Å²) in [5.74, 6) is 1.37. The van der Waals surface area contributed by atoms with Gasteiger partial charge >= 0.3 is 5.97 Å². The standard InChI is InChI=1S/C20H19N5O3S/c1-12-8-13(2)25-19(21-12)22-20(23-25)29-11-15-6-4-5-7-17(15)18(26)27-10-16-9-14(3)28-24-16/h4-9H,10-11H2,1-3H3. The lowest BCUT2D eigenvalue weighted by molar-refractivity contribution is 0.0463. The monoisotopic (exact) mass is 409 g/mol. The number of aromatic nitrogens is 5. The van der Waals surface area contributed by atoms with E-state index in [1.165, 1.54) is 11.8 Å². The van der Waals surface area contributed by atoms with E-state index in [-0.39, 0.29) is 6.61 Å². The highest BCUT2D eigenvalue weighted by Crippen LogP contribution is 2.23. The van der Waals surface area contributed by atoms with Crippen LogP contribution in [0.2, 0.25) is 0 Å². The molecule has 4 aromatic rings. The topological polar surface area (TPSA) is 95.4 Å². The third-order valence-electron chi connectivity index (χ3n) is 4.22. The van der Waals surface area contributed by atoms with E-state index in [9.17, 15) is 4.79 Å². The Bertz CT molecular complexity index is 1180. The van der Waals surface area contributed by atoms with Gasteiger partial charge in [-0.15, -0.1) is 5.10 Å². The van der Waals surface area contributed by atoms with Crippen molar-refractivity contribution in [2.75, 3.05) is 0 Å². The summed E-state index contributed by atoms with van der Waals surface area (Å²) >= 11 is 1.45. The van der Waals surface area contributed by atoms with E-state index >= 15 is 0 Å². The summed E-state index contributed by atoms with van der Waals surface area (Å²) in [6, 6.07) is 11.0. The molecule has 4 rings (SSSR count). The molecular weight excluding hydrogens is 390 g/mol. The largest absolute Gasteiger partial charge is 0.455 e. The highest BCUT2D eigenvalue weighted by molar-refractivity contribution is 7.98. The summed E-state index contributed by atoms with van der Waals surface area (Å²) < 4.78 is 12.1. The van der Waals surface area contributed by atoms with Crippen molar-refractivity contribution in [3.63, 3.8) is 0 Å². The number of carbonyl (C=O) groups excluding carboxylic acids is 1. The van der Waals surface area contributed by atoms with Crippen molar-refractivity contribution < 1.29 is 14.1 Å². The van der Waals surface area contributed by atoms with Gasteiger partial charge in [0.25, 0.3) is 5.78 Å². The van der Waals surface area contributed by atoms with E-state index < -0.39 is 5.97 Å². The fraction of sp³-hybridized carbons (Fsp3) is 0.250. The average molecular weight is 409 g/mol. The van der Waals surface area contributed by atoms with Crippen molar-refractivity contribution in [1.82, 2.24) is 24.7 Å². The van der Waals surface area contributed by atoms with Crippen molar-refractivity contribution in [3.8, 4) is 0 Å². The SMILES string of the molecule is Cc1cc(C)n2nc(SCc3ccccc3C(=O)OCc3cc(C)on3)nc2n1. The molecule has 0 fully saturated rings. The number of aryl methyl sites for hydroxylation is 3. The smallest absolute Gasteiger partial charge is 0.338 e. The number of hydrogen-bond donors (Lipinski definition) is 0. The number of carbonyl (C=O) groups is 1. The third-order valence-corrected chi connectivity index (χ3v) is 5.11. The van der Waals surface area contributed by atoms with Crippen LogP contribution in [-0.4, -0.2) is 30.7 Å². The maximum atomic E-state index is 12.5. The van der Waals surface area contributed by atoms with Crippen LogP contribution in [0, 0.1) is 20.8 Å². The molecule has 0 saturated carbocycles. The molecule has 0 amide bonds. The normalized spacial score (nSPS) is 11.1. The summed E-state index contributed by atoms with van der Waals surface area (Å²) in [6.45, 7) is 5.75. The molecule has 0 aliphatic rings. The maximum absolute atomic E-state index is 12.5. The molecular formula is C20H19N5O3S. The highest BCUT2D eigenvalue weighted by atomic mass is 32.2. The Kier molecular flexibility index (Phi) is 5.30. The average Bonchev–Trinajstić information content (AvgIpc) is 3.30. The molecule has 9 heteroatoms. The van der Waals surface area contributed by atoms with Gasteiger partial charge < -0.3 is 9.26 Å².